The molecule has 0 aromatic heterocycles. The lowest BCUT2D eigenvalue weighted by Crippen LogP contribution is -2.22. The van der Waals surface area contributed by atoms with Gasteiger partial charge in [0.15, 0.2) is 0 Å². The van der Waals surface area contributed by atoms with Crippen LogP contribution in [0.2, 0.25) is 0 Å². The predicted molar refractivity (Wildman–Crippen MR) is 108 cm³/mol. The van der Waals surface area contributed by atoms with Crippen LogP contribution in [-0.4, -0.2) is 23.3 Å². The highest BCUT2D eigenvalue weighted by Crippen LogP contribution is 2.48. The summed E-state index contributed by atoms with van der Waals surface area (Å²) in [4.78, 5) is 12.4. The summed E-state index contributed by atoms with van der Waals surface area (Å²) in [6, 6.07) is 1.66. The number of methoxy groups -OCH3 is 1. The molecule has 0 spiro atoms. The Kier molecular flexibility index (Phi) is 7.34. The quantitative estimate of drug-likeness (QED) is 0.364. The van der Waals surface area contributed by atoms with Gasteiger partial charge in [-0.25, -0.2) is 4.79 Å². The van der Waals surface area contributed by atoms with Crippen molar-refractivity contribution in [1.82, 2.24) is 0 Å². The van der Waals surface area contributed by atoms with Crippen LogP contribution in [0.25, 0.3) is 0 Å². The van der Waals surface area contributed by atoms with Crippen molar-refractivity contribution in [3.05, 3.63) is 34.4 Å². The topological polar surface area (TPSA) is 66.8 Å². The molecule has 0 saturated heterocycles. The molecule has 0 heterocycles. The molecule has 0 bridgehead atoms. The van der Waals surface area contributed by atoms with Gasteiger partial charge in [-0.05, 0) is 56.1 Å². The molecule has 0 saturated carbocycles. The number of carbonyl (C=O) groups is 1. The van der Waals surface area contributed by atoms with Gasteiger partial charge in [0.05, 0.1) is 7.11 Å². The standard InChI is InChI=1S/C23H34O4/c1-6-7-8-9-16-13-19(24)21(22(25)20(16)23(26)27-5)18-12-15(4)10-11-17(18)14(2)3/h12-14,17-18,24-25H,6-11H2,1-5H3. The number of unbranched alkanes of at least 4 members (excludes halogenated alkanes) is 2. The summed E-state index contributed by atoms with van der Waals surface area (Å²) in [5, 5.41) is 21.9. The number of phenolic OH excluding ortho intramolecular Hbond substituents is 2. The van der Waals surface area contributed by atoms with Crippen LogP contribution in [0.3, 0.4) is 0 Å². The first kappa shape index (κ1) is 21.3. The Bertz CT molecular complexity index is 703. The van der Waals surface area contributed by atoms with Gasteiger partial charge in [0, 0.05) is 11.5 Å². The molecule has 1 aromatic rings. The number of hydrogen-bond donors (Lipinski definition) is 2. The highest BCUT2D eigenvalue weighted by Gasteiger charge is 2.34. The third-order valence-corrected chi connectivity index (χ3v) is 5.83. The zero-order chi connectivity index (χ0) is 20.1. The van der Waals surface area contributed by atoms with E-state index in [0.29, 0.717) is 29.4 Å². The molecular weight excluding hydrogens is 340 g/mol. The van der Waals surface area contributed by atoms with Crippen LogP contribution in [0.4, 0.5) is 0 Å². The molecule has 2 N–H and O–H groups in total. The van der Waals surface area contributed by atoms with Crippen LogP contribution >= 0.6 is 0 Å². The van der Waals surface area contributed by atoms with E-state index in [9.17, 15) is 15.0 Å². The van der Waals surface area contributed by atoms with E-state index in [4.69, 9.17) is 4.74 Å². The van der Waals surface area contributed by atoms with Crippen LogP contribution < -0.4 is 0 Å². The average Bonchev–Trinajstić information content (AvgIpc) is 2.61. The lowest BCUT2D eigenvalue weighted by atomic mass is 9.71. The normalized spacial score (nSPS) is 19.9. The van der Waals surface area contributed by atoms with E-state index in [1.807, 2.05) is 0 Å². The third-order valence-electron chi connectivity index (χ3n) is 5.83. The fraction of sp³-hybridized carbons (Fsp3) is 0.609. The summed E-state index contributed by atoms with van der Waals surface area (Å²) < 4.78 is 4.95. The monoisotopic (exact) mass is 374 g/mol. The number of esters is 1. The maximum Gasteiger partial charge on any atom is 0.341 e. The average molecular weight is 375 g/mol. The smallest absolute Gasteiger partial charge is 0.341 e. The van der Waals surface area contributed by atoms with Crippen LogP contribution in [-0.2, 0) is 11.2 Å². The lowest BCUT2D eigenvalue weighted by molar-refractivity contribution is 0.0595. The van der Waals surface area contributed by atoms with Crippen molar-refractivity contribution >= 4 is 5.97 Å². The van der Waals surface area contributed by atoms with Crippen molar-refractivity contribution in [2.24, 2.45) is 11.8 Å². The fourth-order valence-corrected chi connectivity index (χ4v) is 4.28. The molecule has 2 unspecified atom stereocenters. The number of aromatic hydroxyl groups is 2. The van der Waals surface area contributed by atoms with Gasteiger partial charge >= 0.3 is 5.97 Å². The summed E-state index contributed by atoms with van der Waals surface area (Å²) in [6.07, 6.45) is 7.80. The van der Waals surface area contributed by atoms with Gasteiger partial charge in [0.2, 0.25) is 0 Å². The fourth-order valence-electron chi connectivity index (χ4n) is 4.28. The van der Waals surface area contributed by atoms with E-state index in [1.54, 1.807) is 6.07 Å². The molecule has 150 valence electrons. The first-order valence-electron chi connectivity index (χ1n) is 10.1. The largest absolute Gasteiger partial charge is 0.507 e. The zero-order valence-electron chi connectivity index (χ0n) is 17.3. The summed E-state index contributed by atoms with van der Waals surface area (Å²) in [7, 11) is 1.33. The summed E-state index contributed by atoms with van der Waals surface area (Å²) >= 11 is 0. The third kappa shape index (κ3) is 4.66. The number of rotatable bonds is 7. The Hall–Kier alpha value is -1.97. The molecule has 4 heteroatoms. The van der Waals surface area contributed by atoms with Gasteiger partial charge in [-0.15, -0.1) is 0 Å². The van der Waals surface area contributed by atoms with Crippen LogP contribution in [0, 0.1) is 11.8 Å². The molecule has 0 radical (unpaired) electrons. The van der Waals surface area contributed by atoms with Crippen molar-refractivity contribution in [1.29, 1.82) is 0 Å². The minimum atomic E-state index is -0.544. The minimum absolute atomic E-state index is 0.0771. The maximum absolute atomic E-state index is 12.4. The highest BCUT2D eigenvalue weighted by molar-refractivity contribution is 5.95. The van der Waals surface area contributed by atoms with Crippen LogP contribution in [0.1, 0.15) is 87.2 Å². The van der Waals surface area contributed by atoms with Crippen LogP contribution in [0.5, 0.6) is 11.5 Å². The van der Waals surface area contributed by atoms with Crippen molar-refractivity contribution in [3.8, 4) is 11.5 Å². The van der Waals surface area contributed by atoms with Crippen molar-refractivity contribution in [2.45, 2.75) is 72.1 Å². The Morgan fingerprint density at radius 2 is 2.00 bits per heavy atom. The molecule has 1 aliphatic rings. The Morgan fingerprint density at radius 3 is 2.59 bits per heavy atom. The van der Waals surface area contributed by atoms with E-state index < -0.39 is 5.97 Å². The predicted octanol–water partition coefficient (Wildman–Crippen LogP) is 5.71. The van der Waals surface area contributed by atoms with Gasteiger partial charge in [-0.1, -0.05) is 45.3 Å². The van der Waals surface area contributed by atoms with E-state index in [1.165, 1.54) is 12.7 Å². The SMILES string of the molecule is CCCCCc1cc(O)c(C2C=C(C)CCC2C(C)C)c(O)c1C(=O)OC. The number of ether oxygens (including phenoxy) is 1. The Balaban J connectivity index is 2.59. The molecule has 4 nitrogen and oxygen atoms in total. The maximum atomic E-state index is 12.4. The number of phenols is 2. The van der Waals surface area contributed by atoms with Crippen molar-refractivity contribution < 1.29 is 19.7 Å². The molecule has 1 aliphatic carbocycles. The summed E-state index contributed by atoms with van der Waals surface area (Å²) in [6.45, 7) is 8.53. The molecular formula is C23H34O4. The lowest BCUT2D eigenvalue weighted by Gasteiger charge is -2.34. The van der Waals surface area contributed by atoms with Gasteiger partial charge in [-0.2, -0.15) is 0 Å². The summed E-state index contributed by atoms with van der Waals surface area (Å²) in [5.41, 5.74) is 2.59. The van der Waals surface area contributed by atoms with Crippen molar-refractivity contribution in [3.63, 3.8) is 0 Å². The number of carbonyl (C=O) groups excluding carboxylic acids is 1. The molecule has 27 heavy (non-hydrogen) atoms. The molecule has 2 rings (SSSR count). The van der Waals surface area contributed by atoms with Crippen LogP contribution in [0.15, 0.2) is 17.7 Å². The second kappa shape index (κ2) is 9.29. The number of aryl methyl sites for hydroxylation is 1. The first-order chi connectivity index (χ1) is 12.8. The first-order valence-corrected chi connectivity index (χ1v) is 10.1. The van der Waals surface area contributed by atoms with E-state index >= 15 is 0 Å². The second-order valence-electron chi connectivity index (χ2n) is 8.13. The number of allylic oxidation sites excluding steroid dienone is 2. The zero-order valence-corrected chi connectivity index (χ0v) is 17.3. The van der Waals surface area contributed by atoms with Gasteiger partial charge in [-0.3, -0.25) is 0 Å². The molecule has 1 aromatic carbocycles. The number of benzene rings is 1. The van der Waals surface area contributed by atoms with Gasteiger partial charge < -0.3 is 14.9 Å². The molecule has 0 amide bonds. The van der Waals surface area contributed by atoms with E-state index in [2.05, 4.69) is 33.8 Å². The number of hydrogen-bond acceptors (Lipinski definition) is 4. The van der Waals surface area contributed by atoms with Crippen molar-refractivity contribution in [2.75, 3.05) is 7.11 Å². The molecule has 2 atom stereocenters. The van der Waals surface area contributed by atoms with Gasteiger partial charge in [0.1, 0.15) is 17.1 Å². The Morgan fingerprint density at radius 1 is 1.30 bits per heavy atom. The Labute approximate surface area is 163 Å². The minimum Gasteiger partial charge on any atom is -0.507 e. The molecule has 0 fully saturated rings. The van der Waals surface area contributed by atoms with E-state index in [-0.39, 0.29) is 23.0 Å². The summed E-state index contributed by atoms with van der Waals surface area (Å²) in [5.74, 6) is 0.0267. The van der Waals surface area contributed by atoms with Gasteiger partial charge in [0.25, 0.3) is 0 Å². The molecule has 0 aliphatic heterocycles. The van der Waals surface area contributed by atoms with E-state index in [0.717, 1.165) is 32.1 Å². The second-order valence-corrected chi connectivity index (χ2v) is 8.13. The highest BCUT2D eigenvalue weighted by atomic mass is 16.5.